The minimum atomic E-state index is -0.0529. The second-order valence-corrected chi connectivity index (χ2v) is 5.36. The van der Waals surface area contributed by atoms with Gasteiger partial charge in [0.05, 0.1) is 13.0 Å². The monoisotopic (exact) mass is 245 g/mol. The normalized spacial score (nSPS) is 34.8. The Kier molecular flexibility index (Phi) is 2.86. The molecule has 0 aromatic heterocycles. The molecule has 1 aromatic rings. The Bertz CT molecular complexity index is 445. The van der Waals surface area contributed by atoms with Crippen LogP contribution in [0, 0.1) is 5.92 Å². The number of ether oxygens (including phenoxy) is 1. The van der Waals surface area contributed by atoms with Crippen molar-refractivity contribution >= 4 is 5.97 Å². The van der Waals surface area contributed by atoms with Crippen molar-refractivity contribution in [2.75, 3.05) is 14.2 Å². The van der Waals surface area contributed by atoms with E-state index in [0.717, 1.165) is 6.42 Å². The minimum Gasteiger partial charge on any atom is -0.469 e. The first-order valence-electron chi connectivity index (χ1n) is 6.58. The molecule has 96 valence electrons. The lowest BCUT2D eigenvalue weighted by Crippen LogP contribution is -2.33. The molecule has 2 saturated heterocycles. The van der Waals surface area contributed by atoms with Crippen LogP contribution in [0.1, 0.15) is 24.3 Å². The third kappa shape index (κ3) is 1.57. The van der Waals surface area contributed by atoms with Gasteiger partial charge >= 0.3 is 5.97 Å². The van der Waals surface area contributed by atoms with Gasteiger partial charge in [0.25, 0.3) is 0 Å². The van der Waals surface area contributed by atoms with E-state index in [2.05, 4.69) is 36.2 Å². The topological polar surface area (TPSA) is 29.5 Å². The average Bonchev–Trinajstić information content (AvgIpc) is 2.92. The van der Waals surface area contributed by atoms with Gasteiger partial charge in [0, 0.05) is 18.0 Å². The maximum atomic E-state index is 12.1. The minimum absolute atomic E-state index is 0.00106. The molecule has 2 fully saturated rings. The standard InChI is InChI=1S/C15H19NO2/c1-16-11-8-9-12(16)14(15(17)18-2)13(11)10-6-4-3-5-7-10/h3-7,11-14H,8-9H2,1-2H3/t11-,12+,13-,14-/m0/s1. The van der Waals surface area contributed by atoms with Crippen LogP contribution in [0.3, 0.4) is 0 Å². The molecule has 1 aromatic carbocycles. The summed E-state index contributed by atoms with van der Waals surface area (Å²) in [7, 11) is 3.64. The maximum absolute atomic E-state index is 12.1. The van der Waals surface area contributed by atoms with Gasteiger partial charge in [0.2, 0.25) is 0 Å². The quantitative estimate of drug-likeness (QED) is 0.747. The van der Waals surface area contributed by atoms with Crippen LogP contribution in [-0.4, -0.2) is 37.1 Å². The molecule has 0 aliphatic carbocycles. The van der Waals surface area contributed by atoms with Crippen LogP contribution in [-0.2, 0) is 9.53 Å². The number of hydrogen-bond donors (Lipinski definition) is 0. The average molecular weight is 245 g/mol. The molecule has 2 aliphatic rings. The summed E-state index contributed by atoms with van der Waals surface area (Å²) in [5, 5.41) is 0. The smallest absolute Gasteiger partial charge is 0.310 e. The molecule has 3 heteroatoms. The summed E-state index contributed by atoms with van der Waals surface area (Å²) in [6, 6.07) is 11.2. The van der Waals surface area contributed by atoms with Crippen LogP contribution in [0.15, 0.2) is 30.3 Å². The number of fused-ring (bicyclic) bond motifs is 2. The van der Waals surface area contributed by atoms with E-state index < -0.39 is 0 Å². The zero-order chi connectivity index (χ0) is 12.7. The summed E-state index contributed by atoms with van der Waals surface area (Å²) >= 11 is 0. The third-order valence-electron chi connectivity index (χ3n) is 4.68. The molecule has 2 bridgehead atoms. The number of carbonyl (C=O) groups is 1. The van der Waals surface area contributed by atoms with Gasteiger partial charge in [-0.05, 0) is 25.5 Å². The molecule has 4 atom stereocenters. The Hall–Kier alpha value is -1.35. The lowest BCUT2D eigenvalue weighted by Gasteiger charge is -2.27. The zero-order valence-corrected chi connectivity index (χ0v) is 10.9. The summed E-state index contributed by atoms with van der Waals surface area (Å²) in [5.41, 5.74) is 1.27. The van der Waals surface area contributed by atoms with Gasteiger partial charge in [-0.3, -0.25) is 9.69 Å². The van der Waals surface area contributed by atoms with Crippen LogP contribution in [0.25, 0.3) is 0 Å². The van der Waals surface area contributed by atoms with Crippen molar-refractivity contribution in [1.82, 2.24) is 4.90 Å². The van der Waals surface area contributed by atoms with Gasteiger partial charge in [-0.2, -0.15) is 0 Å². The second kappa shape index (κ2) is 4.39. The van der Waals surface area contributed by atoms with Crippen molar-refractivity contribution in [1.29, 1.82) is 0 Å². The molecular weight excluding hydrogens is 226 g/mol. The second-order valence-electron chi connectivity index (χ2n) is 5.36. The Balaban J connectivity index is 1.98. The largest absolute Gasteiger partial charge is 0.469 e. The molecule has 0 N–H and O–H groups in total. The van der Waals surface area contributed by atoms with Crippen molar-refractivity contribution in [2.45, 2.75) is 30.8 Å². The van der Waals surface area contributed by atoms with E-state index in [1.165, 1.54) is 19.1 Å². The summed E-state index contributed by atoms with van der Waals surface area (Å²) in [6.07, 6.45) is 2.30. The molecule has 0 unspecified atom stereocenters. The molecule has 2 aliphatic heterocycles. The number of nitrogens with zero attached hydrogens (tertiary/aromatic N) is 1. The first kappa shape index (κ1) is 11.7. The fourth-order valence-electron chi connectivity index (χ4n) is 3.88. The molecular formula is C15H19NO2. The van der Waals surface area contributed by atoms with Crippen LogP contribution < -0.4 is 0 Å². The van der Waals surface area contributed by atoms with Gasteiger partial charge in [0.1, 0.15) is 0 Å². The van der Waals surface area contributed by atoms with Crippen LogP contribution in [0.5, 0.6) is 0 Å². The van der Waals surface area contributed by atoms with Crippen LogP contribution >= 0.6 is 0 Å². The number of carbonyl (C=O) groups excluding carboxylic acids is 1. The van der Waals surface area contributed by atoms with E-state index in [9.17, 15) is 4.79 Å². The molecule has 0 saturated carbocycles. The molecule has 3 rings (SSSR count). The van der Waals surface area contributed by atoms with Crippen molar-refractivity contribution in [2.24, 2.45) is 5.92 Å². The highest BCUT2D eigenvalue weighted by atomic mass is 16.5. The predicted molar refractivity (Wildman–Crippen MR) is 69.3 cm³/mol. The fourth-order valence-corrected chi connectivity index (χ4v) is 3.88. The molecule has 18 heavy (non-hydrogen) atoms. The molecule has 0 amide bonds. The lowest BCUT2D eigenvalue weighted by molar-refractivity contribution is -0.147. The summed E-state index contributed by atoms with van der Waals surface area (Å²) < 4.78 is 5.02. The maximum Gasteiger partial charge on any atom is 0.310 e. The van der Waals surface area contributed by atoms with Gasteiger partial charge in [-0.25, -0.2) is 0 Å². The number of rotatable bonds is 2. The van der Waals surface area contributed by atoms with Crippen molar-refractivity contribution < 1.29 is 9.53 Å². The highest BCUT2D eigenvalue weighted by Crippen LogP contribution is 2.50. The number of likely N-dealkylation sites (N-methyl/N-ethyl adjacent to an activating group) is 1. The molecule has 3 nitrogen and oxygen atoms in total. The van der Waals surface area contributed by atoms with E-state index in [1.54, 1.807) is 0 Å². The van der Waals surface area contributed by atoms with Crippen LogP contribution in [0.4, 0.5) is 0 Å². The Labute approximate surface area is 108 Å². The number of esters is 1. The highest BCUT2D eigenvalue weighted by Gasteiger charge is 2.55. The van der Waals surface area contributed by atoms with E-state index in [1.807, 2.05) is 6.07 Å². The van der Waals surface area contributed by atoms with Crippen molar-refractivity contribution in [3.05, 3.63) is 35.9 Å². The van der Waals surface area contributed by atoms with E-state index in [-0.39, 0.29) is 11.9 Å². The van der Waals surface area contributed by atoms with Gasteiger partial charge < -0.3 is 4.74 Å². The molecule has 0 radical (unpaired) electrons. The Morgan fingerprint density at radius 3 is 2.56 bits per heavy atom. The SMILES string of the molecule is COC(=O)[C@@H]1[C@@H](c2ccccc2)[C@@H]2CC[C@H]1N2C. The highest BCUT2D eigenvalue weighted by molar-refractivity contribution is 5.75. The van der Waals surface area contributed by atoms with E-state index >= 15 is 0 Å². The predicted octanol–water partition coefficient (Wildman–Crippen LogP) is 2.04. The summed E-state index contributed by atoms with van der Waals surface area (Å²) in [4.78, 5) is 14.5. The van der Waals surface area contributed by atoms with E-state index in [4.69, 9.17) is 4.74 Å². The van der Waals surface area contributed by atoms with Gasteiger partial charge in [-0.15, -0.1) is 0 Å². The number of hydrogen-bond acceptors (Lipinski definition) is 3. The molecule has 2 heterocycles. The number of benzene rings is 1. The molecule has 0 spiro atoms. The Morgan fingerprint density at radius 1 is 1.22 bits per heavy atom. The first-order valence-corrected chi connectivity index (χ1v) is 6.58. The third-order valence-corrected chi connectivity index (χ3v) is 4.68. The Morgan fingerprint density at radius 2 is 1.89 bits per heavy atom. The van der Waals surface area contributed by atoms with Gasteiger partial charge in [-0.1, -0.05) is 30.3 Å². The van der Waals surface area contributed by atoms with Crippen molar-refractivity contribution in [3.63, 3.8) is 0 Å². The van der Waals surface area contributed by atoms with E-state index in [0.29, 0.717) is 18.0 Å². The number of methoxy groups -OCH3 is 1. The fraction of sp³-hybridized carbons (Fsp3) is 0.533. The van der Waals surface area contributed by atoms with Crippen molar-refractivity contribution in [3.8, 4) is 0 Å². The van der Waals surface area contributed by atoms with Gasteiger partial charge in [0.15, 0.2) is 0 Å². The lowest BCUT2D eigenvalue weighted by atomic mass is 9.75. The first-order chi connectivity index (χ1) is 8.74. The van der Waals surface area contributed by atoms with Crippen LogP contribution in [0.2, 0.25) is 0 Å². The zero-order valence-electron chi connectivity index (χ0n) is 10.9. The summed E-state index contributed by atoms with van der Waals surface area (Å²) in [6.45, 7) is 0. The summed E-state index contributed by atoms with van der Waals surface area (Å²) in [5.74, 6) is 0.242.